The fraction of sp³-hybridized carbons (Fsp3) is 0.318. The molecule has 0 spiro atoms. The monoisotopic (exact) mass is 412 g/mol. The van der Waals surface area contributed by atoms with Crippen molar-refractivity contribution in [1.82, 2.24) is 10.2 Å². The molecule has 0 bridgehead atoms. The third-order valence-corrected chi connectivity index (χ3v) is 4.51. The molecule has 0 aromatic heterocycles. The van der Waals surface area contributed by atoms with Gasteiger partial charge in [0, 0.05) is 17.4 Å². The quantitative estimate of drug-likeness (QED) is 0.585. The molecule has 0 unspecified atom stereocenters. The molecule has 3 amide bonds. The fourth-order valence-electron chi connectivity index (χ4n) is 2.76. The first-order valence-corrected chi connectivity index (χ1v) is 9.53. The van der Waals surface area contributed by atoms with Crippen LogP contribution in [-0.4, -0.2) is 56.4 Å². The molecule has 3 N–H and O–H groups in total. The number of amides is 3. The topological polar surface area (TPSA) is 99.8 Å². The van der Waals surface area contributed by atoms with E-state index in [2.05, 4.69) is 16.0 Å². The van der Waals surface area contributed by atoms with Crippen molar-refractivity contribution in [2.75, 3.05) is 44.4 Å². The van der Waals surface area contributed by atoms with Crippen LogP contribution in [0.4, 0.5) is 11.4 Å². The van der Waals surface area contributed by atoms with Crippen LogP contribution >= 0.6 is 0 Å². The van der Waals surface area contributed by atoms with Crippen molar-refractivity contribution >= 4 is 29.1 Å². The van der Waals surface area contributed by atoms with Gasteiger partial charge in [-0.15, -0.1) is 0 Å². The summed E-state index contributed by atoms with van der Waals surface area (Å²) in [5.74, 6) is -0.274. The summed E-state index contributed by atoms with van der Waals surface area (Å²) in [6.45, 7) is 3.76. The molecule has 0 radical (unpaired) electrons. The Hall–Kier alpha value is -3.39. The molecule has 0 aliphatic carbocycles. The van der Waals surface area contributed by atoms with E-state index in [1.165, 1.54) is 0 Å². The molecular formula is C22H28N4O4. The van der Waals surface area contributed by atoms with Crippen LogP contribution in [0.5, 0.6) is 5.75 Å². The standard InChI is InChI=1S/C22H28N4O4/c1-15-7-5-10-19(16(15)2)25-20(27)12-23-21(28)13-26(3)14-22(29)24-17-8-6-9-18(11-17)30-4/h5-11H,12-14H2,1-4H3,(H,23,28)(H,24,29)(H,25,27). The lowest BCUT2D eigenvalue weighted by molar-refractivity contribution is -0.125. The van der Waals surface area contributed by atoms with Gasteiger partial charge in [-0.3, -0.25) is 19.3 Å². The van der Waals surface area contributed by atoms with Gasteiger partial charge in [0.1, 0.15) is 5.75 Å². The maximum absolute atomic E-state index is 12.1. The summed E-state index contributed by atoms with van der Waals surface area (Å²) in [5, 5.41) is 8.10. The van der Waals surface area contributed by atoms with Crippen LogP contribution in [0.25, 0.3) is 0 Å². The predicted molar refractivity (Wildman–Crippen MR) is 117 cm³/mol. The zero-order valence-corrected chi connectivity index (χ0v) is 17.7. The molecule has 2 aromatic carbocycles. The summed E-state index contributed by atoms with van der Waals surface area (Å²) in [4.78, 5) is 37.9. The number of carbonyl (C=O) groups is 3. The number of nitrogens with one attached hydrogen (secondary N) is 3. The average Bonchev–Trinajstić information content (AvgIpc) is 2.69. The number of likely N-dealkylation sites (N-methyl/N-ethyl adjacent to an activating group) is 1. The Labute approximate surface area is 176 Å². The van der Waals surface area contributed by atoms with Crippen LogP contribution in [0.15, 0.2) is 42.5 Å². The molecule has 30 heavy (non-hydrogen) atoms. The highest BCUT2D eigenvalue weighted by Gasteiger charge is 2.13. The van der Waals surface area contributed by atoms with Crippen LogP contribution < -0.4 is 20.7 Å². The molecule has 0 aliphatic rings. The highest BCUT2D eigenvalue weighted by Crippen LogP contribution is 2.18. The Morgan fingerprint density at radius 2 is 1.63 bits per heavy atom. The smallest absolute Gasteiger partial charge is 0.243 e. The van der Waals surface area contributed by atoms with Crippen LogP contribution in [0.2, 0.25) is 0 Å². The molecule has 0 heterocycles. The predicted octanol–water partition coefficient (Wildman–Crippen LogP) is 1.94. The Balaban J connectivity index is 1.73. The Bertz CT molecular complexity index is 914. The first-order chi connectivity index (χ1) is 14.3. The molecule has 160 valence electrons. The fourth-order valence-corrected chi connectivity index (χ4v) is 2.76. The molecule has 0 atom stereocenters. The Kier molecular flexibility index (Phi) is 8.37. The minimum Gasteiger partial charge on any atom is -0.497 e. The van der Waals surface area contributed by atoms with Gasteiger partial charge in [0.05, 0.1) is 26.7 Å². The zero-order valence-electron chi connectivity index (χ0n) is 17.7. The SMILES string of the molecule is COc1cccc(NC(=O)CN(C)CC(=O)NCC(=O)Nc2cccc(C)c2C)c1. The number of hydrogen-bond donors (Lipinski definition) is 3. The number of aryl methyl sites for hydroxylation is 1. The summed E-state index contributed by atoms with van der Waals surface area (Å²) >= 11 is 0. The lowest BCUT2D eigenvalue weighted by atomic mass is 10.1. The van der Waals surface area contributed by atoms with Crippen molar-refractivity contribution in [3.05, 3.63) is 53.6 Å². The van der Waals surface area contributed by atoms with E-state index in [0.29, 0.717) is 11.4 Å². The van der Waals surface area contributed by atoms with Crippen LogP contribution in [-0.2, 0) is 14.4 Å². The summed E-state index contributed by atoms with van der Waals surface area (Å²) in [6, 6.07) is 12.7. The van der Waals surface area contributed by atoms with E-state index >= 15 is 0 Å². The number of anilines is 2. The molecule has 8 nitrogen and oxygen atoms in total. The van der Waals surface area contributed by atoms with E-state index in [9.17, 15) is 14.4 Å². The second kappa shape index (κ2) is 11.0. The Morgan fingerprint density at radius 3 is 2.37 bits per heavy atom. The van der Waals surface area contributed by atoms with Gasteiger partial charge in [-0.1, -0.05) is 18.2 Å². The van der Waals surface area contributed by atoms with Gasteiger partial charge in [0.25, 0.3) is 0 Å². The van der Waals surface area contributed by atoms with Gasteiger partial charge < -0.3 is 20.7 Å². The van der Waals surface area contributed by atoms with E-state index in [-0.39, 0.29) is 37.4 Å². The minimum absolute atomic E-state index is 0.0116. The molecule has 0 saturated carbocycles. The first kappa shape index (κ1) is 22.9. The maximum atomic E-state index is 12.1. The van der Waals surface area contributed by atoms with Gasteiger partial charge in [0.2, 0.25) is 17.7 Å². The first-order valence-electron chi connectivity index (χ1n) is 9.53. The van der Waals surface area contributed by atoms with E-state index in [0.717, 1.165) is 16.8 Å². The minimum atomic E-state index is -0.345. The van der Waals surface area contributed by atoms with Crippen LogP contribution in [0.1, 0.15) is 11.1 Å². The molecule has 8 heteroatoms. The number of methoxy groups -OCH3 is 1. The summed E-state index contributed by atoms with van der Waals surface area (Å²) in [5.41, 5.74) is 3.39. The van der Waals surface area contributed by atoms with E-state index in [1.54, 1.807) is 43.3 Å². The second-order valence-electron chi connectivity index (χ2n) is 7.02. The third-order valence-electron chi connectivity index (χ3n) is 4.51. The van der Waals surface area contributed by atoms with Gasteiger partial charge in [-0.25, -0.2) is 0 Å². The lowest BCUT2D eigenvalue weighted by Crippen LogP contribution is -2.41. The molecule has 0 aliphatic heterocycles. The molecular weight excluding hydrogens is 384 g/mol. The third kappa shape index (κ3) is 7.21. The zero-order chi connectivity index (χ0) is 22.1. The summed E-state index contributed by atoms with van der Waals surface area (Å²) < 4.78 is 5.12. The Morgan fingerprint density at radius 1 is 0.933 bits per heavy atom. The van der Waals surface area contributed by atoms with Crippen molar-refractivity contribution in [3.8, 4) is 5.75 Å². The van der Waals surface area contributed by atoms with Crippen LogP contribution in [0, 0.1) is 13.8 Å². The largest absolute Gasteiger partial charge is 0.497 e. The molecule has 0 fully saturated rings. The number of hydrogen-bond acceptors (Lipinski definition) is 5. The van der Waals surface area contributed by atoms with E-state index < -0.39 is 0 Å². The van der Waals surface area contributed by atoms with Crippen LogP contribution in [0.3, 0.4) is 0 Å². The lowest BCUT2D eigenvalue weighted by Gasteiger charge is -2.16. The number of rotatable bonds is 9. The van der Waals surface area contributed by atoms with E-state index in [1.807, 2.05) is 32.0 Å². The van der Waals surface area contributed by atoms with Crippen molar-refractivity contribution in [3.63, 3.8) is 0 Å². The number of carbonyl (C=O) groups excluding carboxylic acids is 3. The van der Waals surface area contributed by atoms with Crippen molar-refractivity contribution in [2.24, 2.45) is 0 Å². The van der Waals surface area contributed by atoms with Gasteiger partial charge in [-0.05, 0) is 50.2 Å². The van der Waals surface area contributed by atoms with E-state index in [4.69, 9.17) is 4.74 Å². The van der Waals surface area contributed by atoms with Gasteiger partial charge in [0.15, 0.2) is 0 Å². The molecule has 0 saturated heterocycles. The summed E-state index contributed by atoms with van der Waals surface area (Å²) in [7, 11) is 3.20. The number of nitrogens with zero attached hydrogens (tertiary/aromatic N) is 1. The van der Waals surface area contributed by atoms with Gasteiger partial charge >= 0.3 is 0 Å². The van der Waals surface area contributed by atoms with Gasteiger partial charge in [-0.2, -0.15) is 0 Å². The normalized spacial score (nSPS) is 10.4. The maximum Gasteiger partial charge on any atom is 0.243 e. The van der Waals surface area contributed by atoms with Crippen molar-refractivity contribution < 1.29 is 19.1 Å². The van der Waals surface area contributed by atoms with Crippen molar-refractivity contribution in [2.45, 2.75) is 13.8 Å². The number of ether oxygens (including phenoxy) is 1. The highest BCUT2D eigenvalue weighted by atomic mass is 16.5. The summed E-state index contributed by atoms with van der Waals surface area (Å²) in [6.07, 6.45) is 0. The van der Waals surface area contributed by atoms with Crippen molar-refractivity contribution in [1.29, 1.82) is 0 Å². The molecule has 2 aromatic rings. The highest BCUT2D eigenvalue weighted by molar-refractivity contribution is 5.96. The second-order valence-corrected chi connectivity index (χ2v) is 7.02. The number of benzene rings is 2. The molecule has 2 rings (SSSR count). The average molecular weight is 412 g/mol.